The third-order valence-electron chi connectivity index (χ3n) is 1.97. The fourth-order valence-electron chi connectivity index (χ4n) is 1.25. The first-order valence-corrected chi connectivity index (χ1v) is 4.63. The predicted octanol–water partition coefficient (Wildman–Crippen LogP) is 1.11. The van der Waals surface area contributed by atoms with E-state index in [1.165, 1.54) is 19.5 Å². The van der Waals surface area contributed by atoms with E-state index in [0.717, 1.165) is 0 Å². The van der Waals surface area contributed by atoms with Crippen molar-refractivity contribution in [3.8, 4) is 5.88 Å². The van der Waals surface area contributed by atoms with Crippen LogP contribution in [0.2, 0.25) is 0 Å². The highest BCUT2D eigenvalue weighted by Crippen LogP contribution is 2.14. The molecule has 2 aromatic rings. The zero-order valence-corrected chi connectivity index (χ0v) is 8.62. The molecule has 16 heavy (non-hydrogen) atoms. The monoisotopic (exact) mass is 215 g/mol. The molecule has 0 aliphatic heterocycles. The first-order valence-electron chi connectivity index (χ1n) is 4.63. The van der Waals surface area contributed by atoms with Gasteiger partial charge in [-0.15, -0.1) is 0 Å². The van der Waals surface area contributed by atoms with Crippen molar-refractivity contribution >= 4 is 5.78 Å². The molecule has 0 fully saturated rings. The van der Waals surface area contributed by atoms with E-state index in [9.17, 15) is 4.79 Å². The van der Waals surface area contributed by atoms with Crippen LogP contribution in [0.4, 0.5) is 0 Å². The van der Waals surface area contributed by atoms with Gasteiger partial charge in [-0.3, -0.25) is 9.78 Å². The van der Waals surface area contributed by atoms with E-state index < -0.39 is 0 Å². The fourth-order valence-corrected chi connectivity index (χ4v) is 1.25. The summed E-state index contributed by atoms with van der Waals surface area (Å²) in [6.07, 6.45) is 4.46. The van der Waals surface area contributed by atoms with Crippen molar-refractivity contribution in [2.24, 2.45) is 0 Å². The Morgan fingerprint density at radius 1 is 1.12 bits per heavy atom. The van der Waals surface area contributed by atoms with Crippen molar-refractivity contribution in [3.05, 3.63) is 48.2 Å². The quantitative estimate of drug-likeness (QED) is 0.717. The van der Waals surface area contributed by atoms with Crippen LogP contribution in [0, 0.1) is 0 Å². The van der Waals surface area contributed by atoms with Gasteiger partial charge in [-0.2, -0.15) is 0 Å². The molecule has 2 aromatic heterocycles. The summed E-state index contributed by atoms with van der Waals surface area (Å²) in [6.45, 7) is 0. The molecule has 0 amide bonds. The van der Waals surface area contributed by atoms with Crippen molar-refractivity contribution in [3.63, 3.8) is 0 Å². The maximum atomic E-state index is 12.0. The number of ketones is 1. The highest BCUT2D eigenvalue weighted by Gasteiger charge is 2.17. The number of ether oxygens (including phenoxy) is 1. The van der Waals surface area contributed by atoms with Crippen LogP contribution in [-0.2, 0) is 0 Å². The molecule has 2 rings (SSSR count). The van der Waals surface area contributed by atoms with E-state index in [4.69, 9.17) is 4.74 Å². The van der Waals surface area contributed by atoms with E-state index in [1.807, 2.05) is 0 Å². The Hall–Kier alpha value is -2.30. The van der Waals surface area contributed by atoms with Gasteiger partial charge in [0.1, 0.15) is 5.69 Å². The Labute approximate surface area is 92.2 Å². The van der Waals surface area contributed by atoms with Crippen LogP contribution in [-0.4, -0.2) is 27.8 Å². The molecule has 2 heterocycles. The summed E-state index contributed by atoms with van der Waals surface area (Å²) in [5, 5.41) is 0. The third-order valence-corrected chi connectivity index (χ3v) is 1.97. The molecule has 0 radical (unpaired) electrons. The number of hydrogen-bond acceptors (Lipinski definition) is 5. The van der Waals surface area contributed by atoms with Gasteiger partial charge >= 0.3 is 0 Å². The normalized spacial score (nSPS) is 9.81. The number of rotatable bonds is 3. The summed E-state index contributed by atoms with van der Waals surface area (Å²) < 4.78 is 4.97. The number of methoxy groups -OCH3 is 1. The predicted molar refractivity (Wildman–Crippen MR) is 56.3 cm³/mol. The zero-order valence-electron chi connectivity index (χ0n) is 8.62. The standard InChI is InChI=1S/C11H9N3O2/c1-16-11-9(13-6-7-14-11)10(15)8-4-2-3-5-12-8/h2-7H,1H3. The largest absolute Gasteiger partial charge is 0.479 e. The fraction of sp³-hybridized carbons (Fsp3) is 0.0909. The molecular formula is C11H9N3O2. The van der Waals surface area contributed by atoms with Crippen molar-refractivity contribution in [1.29, 1.82) is 0 Å². The lowest BCUT2D eigenvalue weighted by Gasteiger charge is -2.03. The van der Waals surface area contributed by atoms with Gasteiger partial charge in [0.2, 0.25) is 11.7 Å². The van der Waals surface area contributed by atoms with Crippen LogP contribution in [0.15, 0.2) is 36.8 Å². The molecule has 5 nitrogen and oxygen atoms in total. The second-order valence-corrected chi connectivity index (χ2v) is 2.96. The molecular weight excluding hydrogens is 206 g/mol. The maximum absolute atomic E-state index is 12.0. The molecule has 0 spiro atoms. The Kier molecular flexibility index (Phi) is 2.86. The summed E-state index contributed by atoms with van der Waals surface area (Å²) >= 11 is 0. The van der Waals surface area contributed by atoms with Gasteiger partial charge in [-0.25, -0.2) is 9.97 Å². The first-order chi connectivity index (χ1) is 7.83. The van der Waals surface area contributed by atoms with Crippen molar-refractivity contribution in [2.45, 2.75) is 0 Å². The van der Waals surface area contributed by atoms with Crippen molar-refractivity contribution in [2.75, 3.05) is 7.11 Å². The van der Waals surface area contributed by atoms with Crippen LogP contribution in [0.3, 0.4) is 0 Å². The number of hydrogen-bond donors (Lipinski definition) is 0. The lowest BCUT2D eigenvalue weighted by atomic mass is 10.2. The Bertz CT molecular complexity index is 500. The number of carbonyl (C=O) groups excluding carboxylic acids is 1. The van der Waals surface area contributed by atoms with E-state index >= 15 is 0 Å². The van der Waals surface area contributed by atoms with Gasteiger partial charge in [0.05, 0.1) is 7.11 Å². The highest BCUT2D eigenvalue weighted by atomic mass is 16.5. The van der Waals surface area contributed by atoms with Crippen LogP contribution in [0.5, 0.6) is 5.88 Å². The average Bonchev–Trinajstić information content (AvgIpc) is 2.39. The molecule has 80 valence electrons. The minimum atomic E-state index is -0.300. The second-order valence-electron chi connectivity index (χ2n) is 2.96. The Balaban J connectivity index is 2.42. The van der Waals surface area contributed by atoms with Crippen LogP contribution >= 0.6 is 0 Å². The van der Waals surface area contributed by atoms with Crippen LogP contribution in [0.25, 0.3) is 0 Å². The van der Waals surface area contributed by atoms with Crippen molar-refractivity contribution in [1.82, 2.24) is 15.0 Å². The molecule has 5 heteroatoms. The maximum Gasteiger partial charge on any atom is 0.243 e. The minimum Gasteiger partial charge on any atom is -0.479 e. The van der Waals surface area contributed by atoms with Gasteiger partial charge in [0.15, 0.2) is 5.69 Å². The first kappa shape index (κ1) is 10.2. The summed E-state index contributed by atoms with van der Waals surface area (Å²) in [5.41, 5.74) is 0.491. The highest BCUT2D eigenvalue weighted by molar-refractivity contribution is 6.07. The molecule has 0 saturated heterocycles. The summed E-state index contributed by atoms with van der Waals surface area (Å²) in [5.74, 6) is -0.0938. The third kappa shape index (κ3) is 1.88. The van der Waals surface area contributed by atoms with E-state index in [2.05, 4.69) is 15.0 Å². The van der Waals surface area contributed by atoms with Gasteiger partial charge in [-0.05, 0) is 12.1 Å². The number of nitrogens with zero attached hydrogens (tertiary/aromatic N) is 3. The number of carbonyl (C=O) groups is 1. The Morgan fingerprint density at radius 3 is 2.62 bits per heavy atom. The molecule has 0 aliphatic carbocycles. The SMILES string of the molecule is COc1nccnc1C(=O)c1ccccn1. The molecule has 0 aliphatic rings. The smallest absolute Gasteiger partial charge is 0.243 e. The number of aromatic nitrogens is 3. The minimum absolute atomic E-state index is 0.170. The molecule has 0 aromatic carbocycles. The lowest BCUT2D eigenvalue weighted by Crippen LogP contribution is -2.09. The molecule has 0 N–H and O–H groups in total. The Morgan fingerprint density at radius 2 is 1.94 bits per heavy atom. The lowest BCUT2D eigenvalue weighted by molar-refractivity contribution is 0.102. The van der Waals surface area contributed by atoms with Crippen molar-refractivity contribution < 1.29 is 9.53 Å². The van der Waals surface area contributed by atoms with E-state index in [0.29, 0.717) is 5.69 Å². The van der Waals surface area contributed by atoms with E-state index in [-0.39, 0.29) is 17.4 Å². The number of pyridine rings is 1. The van der Waals surface area contributed by atoms with E-state index in [1.54, 1.807) is 24.4 Å². The summed E-state index contributed by atoms with van der Waals surface area (Å²) in [7, 11) is 1.44. The van der Waals surface area contributed by atoms with Gasteiger partial charge in [-0.1, -0.05) is 6.07 Å². The van der Waals surface area contributed by atoms with Gasteiger partial charge in [0, 0.05) is 18.6 Å². The molecule has 0 atom stereocenters. The molecule has 0 bridgehead atoms. The average molecular weight is 215 g/mol. The van der Waals surface area contributed by atoms with Crippen LogP contribution in [0.1, 0.15) is 16.2 Å². The van der Waals surface area contributed by atoms with Gasteiger partial charge < -0.3 is 4.74 Å². The van der Waals surface area contributed by atoms with Crippen LogP contribution < -0.4 is 4.74 Å². The topological polar surface area (TPSA) is 65.0 Å². The second kappa shape index (κ2) is 4.48. The summed E-state index contributed by atoms with van der Waals surface area (Å²) in [4.78, 5) is 23.8. The zero-order chi connectivity index (χ0) is 11.4. The summed E-state index contributed by atoms with van der Waals surface area (Å²) in [6, 6.07) is 5.10. The molecule has 0 unspecified atom stereocenters. The molecule has 0 saturated carbocycles. The van der Waals surface area contributed by atoms with Gasteiger partial charge in [0.25, 0.3) is 0 Å².